The van der Waals surface area contributed by atoms with Gasteiger partial charge >= 0.3 is 11.9 Å². The van der Waals surface area contributed by atoms with E-state index in [4.69, 9.17) is 9.47 Å². The number of ether oxygens (including phenoxy) is 2. The lowest BCUT2D eigenvalue weighted by Gasteiger charge is -2.31. The van der Waals surface area contributed by atoms with E-state index in [1.807, 2.05) is 13.0 Å². The molecule has 1 aliphatic carbocycles. The summed E-state index contributed by atoms with van der Waals surface area (Å²) < 4.78 is 11.1. The zero-order valence-corrected chi connectivity index (χ0v) is 19.2. The van der Waals surface area contributed by atoms with Crippen molar-refractivity contribution in [3.05, 3.63) is 11.6 Å². The standard InChI is InChI=1S/C25H44O4/c1-4-6-8-10-12-16-20-28-23(26)22-18-14-15-19-25(22,3)24(27)29-21-17-13-11-9-7-5-2/h18H,4-17,19-21H2,1-3H3. The van der Waals surface area contributed by atoms with Gasteiger partial charge in [0, 0.05) is 0 Å². The van der Waals surface area contributed by atoms with Gasteiger partial charge in [-0.3, -0.25) is 4.79 Å². The summed E-state index contributed by atoms with van der Waals surface area (Å²) in [5.74, 6) is -0.606. The van der Waals surface area contributed by atoms with Crippen LogP contribution < -0.4 is 0 Å². The molecule has 0 N–H and O–H groups in total. The summed E-state index contributed by atoms with van der Waals surface area (Å²) in [4.78, 5) is 25.4. The van der Waals surface area contributed by atoms with Gasteiger partial charge in [-0.1, -0.05) is 84.1 Å². The van der Waals surface area contributed by atoms with Gasteiger partial charge in [0.25, 0.3) is 0 Å². The van der Waals surface area contributed by atoms with Crippen molar-refractivity contribution in [2.75, 3.05) is 13.2 Å². The fourth-order valence-electron chi connectivity index (χ4n) is 3.91. The fraction of sp³-hybridized carbons (Fsp3) is 0.840. The van der Waals surface area contributed by atoms with Gasteiger partial charge in [-0.25, -0.2) is 4.79 Å². The Morgan fingerprint density at radius 2 is 1.34 bits per heavy atom. The van der Waals surface area contributed by atoms with Crippen molar-refractivity contribution < 1.29 is 19.1 Å². The second-order valence-corrected chi connectivity index (χ2v) is 8.65. The maximum Gasteiger partial charge on any atom is 0.334 e. The van der Waals surface area contributed by atoms with Crippen molar-refractivity contribution in [2.45, 2.75) is 117 Å². The van der Waals surface area contributed by atoms with Gasteiger partial charge in [0.2, 0.25) is 0 Å². The minimum absolute atomic E-state index is 0.270. The van der Waals surface area contributed by atoms with Crippen molar-refractivity contribution in [1.82, 2.24) is 0 Å². The molecule has 4 heteroatoms. The average molecular weight is 409 g/mol. The van der Waals surface area contributed by atoms with E-state index in [-0.39, 0.29) is 11.9 Å². The topological polar surface area (TPSA) is 52.6 Å². The molecule has 0 amide bonds. The Hall–Kier alpha value is -1.32. The smallest absolute Gasteiger partial charge is 0.334 e. The first-order chi connectivity index (χ1) is 14.1. The zero-order valence-electron chi connectivity index (χ0n) is 19.2. The summed E-state index contributed by atoms with van der Waals surface area (Å²) in [5, 5.41) is 0. The Morgan fingerprint density at radius 1 is 0.828 bits per heavy atom. The molecule has 0 saturated carbocycles. The van der Waals surface area contributed by atoms with Gasteiger partial charge in [0.05, 0.1) is 24.2 Å². The SMILES string of the molecule is CCCCCCCCOC(=O)C1=CCCCC1(C)C(=O)OCCCCCCCC. The minimum Gasteiger partial charge on any atom is -0.465 e. The number of hydrogen-bond acceptors (Lipinski definition) is 4. The molecule has 4 nitrogen and oxygen atoms in total. The van der Waals surface area contributed by atoms with Gasteiger partial charge in [-0.2, -0.15) is 0 Å². The molecule has 1 atom stereocenters. The molecule has 0 fully saturated rings. The van der Waals surface area contributed by atoms with Crippen LogP contribution in [0.4, 0.5) is 0 Å². The first-order valence-corrected chi connectivity index (χ1v) is 12.1. The molecule has 0 heterocycles. The van der Waals surface area contributed by atoms with E-state index in [0.29, 0.717) is 25.2 Å². The van der Waals surface area contributed by atoms with Crippen LogP contribution in [0.25, 0.3) is 0 Å². The molecule has 1 unspecified atom stereocenters. The molecule has 0 spiro atoms. The molecule has 0 bridgehead atoms. The molecule has 0 aliphatic heterocycles. The summed E-state index contributed by atoms with van der Waals surface area (Å²) in [6.07, 6.45) is 18.1. The molecule has 0 aromatic rings. The second-order valence-electron chi connectivity index (χ2n) is 8.65. The molecule has 29 heavy (non-hydrogen) atoms. The summed E-state index contributed by atoms with van der Waals surface area (Å²) in [5.41, 5.74) is -0.360. The average Bonchev–Trinajstić information content (AvgIpc) is 2.72. The lowest BCUT2D eigenvalue weighted by Crippen LogP contribution is -2.37. The summed E-state index contributed by atoms with van der Waals surface area (Å²) in [6.45, 7) is 7.13. The fourth-order valence-corrected chi connectivity index (χ4v) is 3.91. The van der Waals surface area contributed by atoms with Gasteiger partial charge in [0.15, 0.2) is 0 Å². The van der Waals surface area contributed by atoms with E-state index in [1.54, 1.807) is 0 Å². The predicted molar refractivity (Wildman–Crippen MR) is 119 cm³/mol. The first kappa shape index (κ1) is 25.7. The van der Waals surface area contributed by atoms with E-state index in [9.17, 15) is 9.59 Å². The number of carbonyl (C=O) groups excluding carboxylic acids is 2. The van der Waals surface area contributed by atoms with E-state index in [1.165, 1.54) is 51.4 Å². The number of unbranched alkanes of at least 4 members (excludes halogenated alkanes) is 10. The third-order valence-electron chi connectivity index (χ3n) is 5.96. The molecule has 0 saturated heterocycles. The van der Waals surface area contributed by atoms with Crippen LogP contribution in [0.15, 0.2) is 11.6 Å². The molecule has 1 rings (SSSR count). The van der Waals surface area contributed by atoms with E-state index >= 15 is 0 Å². The lowest BCUT2D eigenvalue weighted by molar-refractivity contribution is -0.157. The highest BCUT2D eigenvalue weighted by molar-refractivity contribution is 5.98. The Morgan fingerprint density at radius 3 is 1.93 bits per heavy atom. The van der Waals surface area contributed by atoms with Crippen molar-refractivity contribution in [3.8, 4) is 0 Å². The Bertz CT molecular complexity index is 497. The van der Waals surface area contributed by atoms with Gasteiger partial charge < -0.3 is 9.47 Å². The minimum atomic E-state index is -0.862. The van der Waals surface area contributed by atoms with E-state index < -0.39 is 5.41 Å². The molecule has 0 aromatic heterocycles. The molecule has 1 aliphatic rings. The quantitative estimate of drug-likeness (QED) is 0.206. The van der Waals surface area contributed by atoms with Crippen molar-refractivity contribution in [1.29, 1.82) is 0 Å². The van der Waals surface area contributed by atoms with Crippen LogP contribution in [-0.2, 0) is 19.1 Å². The summed E-state index contributed by atoms with van der Waals surface area (Å²) in [7, 11) is 0. The Labute approximate surface area is 178 Å². The van der Waals surface area contributed by atoms with Crippen LogP contribution in [0, 0.1) is 5.41 Å². The molecule has 0 aromatic carbocycles. The summed E-state index contributed by atoms with van der Waals surface area (Å²) >= 11 is 0. The monoisotopic (exact) mass is 408 g/mol. The summed E-state index contributed by atoms with van der Waals surface area (Å²) in [6, 6.07) is 0. The van der Waals surface area contributed by atoms with Gasteiger partial charge in [0.1, 0.15) is 0 Å². The van der Waals surface area contributed by atoms with Crippen molar-refractivity contribution >= 4 is 11.9 Å². The Balaban J connectivity index is 2.39. The van der Waals surface area contributed by atoms with E-state index in [2.05, 4.69) is 13.8 Å². The van der Waals surface area contributed by atoms with Crippen LogP contribution in [0.1, 0.15) is 117 Å². The van der Waals surface area contributed by atoms with Crippen molar-refractivity contribution in [2.24, 2.45) is 5.41 Å². The molecular weight excluding hydrogens is 364 g/mol. The third-order valence-corrected chi connectivity index (χ3v) is 5.96. The van der Waals surface area contributed by atoms with Crippen LogP contribution in [0.5, 0.6) is 0 Å². The first-order valence-electron chi connectivity index (χ1n) is 12.1. The number of esters is 2. The van der Waals surface area contributed by atoms with Crippen LogP contribution in [-0.4, -0.2) is 25.2 Å². The largest absolute Gasteiger partial charge is 0.465 e. The maximum atomic E-state index is 12.8. The van der Waals surface area contributed by atoms with Crippen LogP contribution >= 0.6 is 0 Å². The Kier molecular flexibility index (Phi) is 13.8. The zero-order chi connectivity index (χ0) is 21.4. The number of allylic oxidation sites excluding steroid dienone is 1. The van der Waals surface area contributed by atoms with Gasteiger partial charge in [-0.05, 0) is 39.0 Å². The maximum absolute atomic E-state index is 12.8. The molecule has 168 valence electrons. The van der Waals surface area contributed by atoms with Crippen LogP contribution in [0.2, 0.25) is 0 Å². The number of carbonyl (C=O) groups is 2. The molecule has 0 radical (unpaired) electrons. The highest BCUT2D eigenvalue weighted by Crippen LogP contribution is 2.39. The normalized spacial score (nSPS) is 18.9. The number of rotatable bonds is 16. The van der Waals surface area contributed by atoms with E-state index in [0.717, 1.165) is 38.5 Å². The van der Waals surface area contributed by atoms with Crippen LogP contribution in [0.3, 0.4) is 0 Å². The lowest BCUT2D eigenvalue weighted by atomic mass is 9.74. The van der Waals surface area contributed by atoms with Gasteiger partial charge in [-0.15, -0.1) is 0 Å². The number of hydrogen-bond donors (Lipinski definition) is 0. The third kappa shape index (κ3) is 9.82. The van der Waals surface area contributed by atoms with Crippen molar-refractivity contribution in [3.63, 3.8) is 0 Å². The highest BCUT2D eigenvalue weighted by Gasteiger charge is 2.43. The highest BCUT2D eigenvalue weighted by atomic mass is 16.5. The second kappa shape index (κ2) is 15.5. The predicted octanol–water partition coefficient (Wildman–Crippen LogP) is 6.91. The molecular formula is C25H44O4.